The Labute approximate surface area is 182 Å². The van der Waals surface area contributed by atoms with Crippen LogP contribution in [0.5, 0.6) is 11.5 Å². The fraction of sp³-hybridized carbons (Fsp3) is 0.429. The number of ether oxygens (including phenoxy) is 2. The summed E-state index contributed by atoms with van der Waals surface area (Å²) < 4.78 is 50.7. The minimum absolute atomic E-state index is 0.0707. The van der Waals surface area contributed by atoms with Gasteiger partial charge in [0.15, 0.2) is 11.5 Å². The molecule has 0 radical (unpaired) electrons. The lowest BCUT2D eigenvalue weighted by Crippen LogP contribution is -2.30. The number of benzene rings is 1. The van der Waals surface area contributed by atoms with E-state index in [4.69, 9.17) is 9.47 Å². The van der Waals surface area contributed by atoms with Crippen molar-refractivity contribution >= 4 is 11.7 Å². The van der Waals surface area contributed by atoms with Crippen molar-refractivity contribution in [2.24, 2.45) is 0 Å². The van der Waals surface area contributed by atoms with E-state index in [1.165, 1.54) is 0 Å². The molecule has 170 valence electrons. The molecule has 0 spiro atoms. The van der Waals surface area contributed by atoms with Crippen molar-refractivity contribution in [2.75, 3.05) is 13.3 Å². The van der Waals surface area contributed by atoms with Crippen LogP contribution in [0.15, 0.2) is 18.2 Å². The second kappa shape index (κ2) is 8.29. The maximum Gasteiger partial charge on any atom is 0.453 e. The summed E-state index contributed by atoms with van der Waals surface area (Å²) in [5, 5.41) is 3.55. The predicted octanol–water partition coefficient (Wildman–Crippen LogP) is 3.47. The third-order valence-electron chi connectivity index (χ3n) is 5.44. The zero-order chi connectivity index (χ0) is 23.0. The minimum Gasteiger partial charge on any atom is -0.454 e. The molecule has 0 unspecified atom stereocenters. The Morgan fingerprint density at radius 1 is 1.19 bits per heavy atom. The van der Waals surface area contributed by atoms with E-state index in [9.17, 15) is 18.0 Å². The molecule has 11 heteroatoms. The largest absolute Gasteiger partial charge is 0.454 e. The van der Waals surface area contributed by atoms with Crippen LogP contribution in [0.2, 0.25) is 0 Å². The van der Waals surface area contributed by atoms with E-state index in [0.29, 0.717) is 48.0 Å². The molecule has 0 fully saturated rings. The number of halogens is 3. The van der Waals surface area contributed by atoms with Crippen molar-refractivity contribution in [1.82, 2.24) is 24.5 Å². The Morgan fingerprint density at radius 3 is 2.66 bits per heavy atom. The SMILES string of the molecule is CCN(Cc1ccc2c(c1)OCO2)C(=O)CCc1c(C)nc2nc(C(F)(F)F)nn2c1C. The molecule has 3 heterocycles. The zero-order valence-corrected chi connectivity index (χ0v) is 17.9. The standard InChI is InChI=1S/C21H22F3N5O3/c1-4-28(10-14-5-7-16-17(9-14)32-11-31-16)18(30)8-6-15-12(2)25-20-26-19(21(22,23)24)27-29(20)13(15)3/h5,7,9H,4,6,8,10-11H2,1-3H3. The first-order chi connectivity index (χ1) is 15.2. The van der Waals surface area contributed by atoms with Crippen LogP contribution in [0.4, 0.5) is 13.2 Å². The van der Waals surface area contributed by atoms with E-state index < -0.39 is 12.0 Å². The van der Waals surface area contributed by atoms with Crippen LogP contribution < -0.4 is 9.47 Å². The topological polar surface area (TPSA) is 81.9 Å². The Balaban J connectivity index is 1.48. The molecular formula is C21H22F3N5O3. The van der Waals surface area contributed by atoms with Gasteiger partial charge in [0.1, 0.15) is 0 Å². The minimum atomic E-state index is -4.65. The second-order valence-electron chi connectivity index (χ2n) is 7.50. The van der Waals surface area contributed by atoms with E-state index in [1.807, 2.05) is 25.1 Å². The third-order valence-corrected chi connectivity index (χ3v) is 5.44. The highest BCUT2D eigenvalue weighted by Gasteiger charge is 2.37. The number of carbonyl (C=O) groups excluding carboxylic acids is 1. The maximum absolute atomic E-state index is 13.0. The van der Waals surface area contributed by atoms with Crippen molar-refractivity contribution in [3.05, 3.63) is 46.5 Å². The lowest BCUT2D eigenvalue weighted by atomic mass is 10.1. The summed E-state index contributed by atoms with van der Waals surface area (Å²) in [5.41, 5.74) is 2.62. The van der Waals surface area contributed by atoms with Crippen LogP contribution in [-0.4, -0.2) is 43.7 Å². The van der Waals surface area contributed by atoms with Crippen molar-refractivity contribution in [1.29, 1.82) is 0 Å². The number of amides is 1. The van der Waals surface area contributed by atoms with Gasteiger partial charge in [-0.1, -0.05) is 6.07 Å². The lowest BCUT2D eigenvalue weighted by molar-refractivity contribution is -0.144. The number of hydrogen-bond acceptors (Lipinski definition) is 6. The van der Waals surface area contributed by atoms with Gasteiger partial charge in [-0.25, -0.2) is 9.50 Å². The second-order valence-corrected chi connectivity index (χ2v) is 7.50. The van der Waals surface area contributed by atoms with Gasteiger partial charge in [-0.15, -0.1) is 5.10 Å². The highest BCUT2D eigenvalue weighted by molar-refractivity contribution is 5.76. The smallest absolute Gasteiger partial charge is 0.453 e. The van der Waals surface area contributed by atoms with Crippen molar-refractivity contribution in [3.63, 3.8) is 0 Å². The zero-order valence-electron chi connectivity index (χ0n) is 17.9. The Kier molecular flexibility index (Phi) is 5.66. The molecule has 2 aromatic heterocycles. The molecule has 0 atom stereocenters. The summed E-state index contributed by atoms with van der Waals surface area (Å²) in [6, 6.07) is 5.56. The molecule has 0 saturated carbocycles. The number of nitrogens with zero attached hydrogens (tertiary/aromatic N) is 5. The average Bonchev–Trinajstić information content (AvgIpc) is 3.38. The van der Waals surface area contributed by atoms with Crippen LogP contribution in [0.25, 0.3) is 5.78 Å². The molecular weight excluding hydrogens is 427 g/mol. The molecule has 32 heavy (non-hydrogen) atoms. The molecule has 1 aliphatic rings. The normalized spacial score (nSPS) is 13.1. The highest BCUT2D eigenvalue weighted by atomic mass is 19.4. The van der Waals surface area contributed by atoms with Gasteiger partial charge < -0.3 is 14.4 Å². The predicted molar refractivity (Wildman–Crippen MR) is 107 cm³/mol. The van der Waals surface area contributed by atoms with Gasteiger partial charge in [-0.3, -0.25) is 4.79 Å². The summed E-state index contributed by atoms with van der Waals surface area (Å²) in [4.78, 5) is 22.2. The van der Waals surface area contributed by atoms with Gasteiger partial charge in [-0.2, -0.15) is 18.2 Å². The number of alkyl halides is 3. The molecule has 0 bridgehead atoms. The lowest BCUT2D eigenvalue weighted by Gasteiger charge is -2.21. The van der Waals surface area contributed by atoms with E-state index in [-0.39, 0.29) is 24.9 Å². The van der Waals surface area contributed by atoms with E-state index in [0.717, 1.165) is 10.1 Å². The molecule has 1 aromatic carbocycles. The molecule has 4 rings (SSSR count). The summed E-state index contributed by atoms with van der Waals surface area (Å²) in [7, 11) is 0. The first-order valence-corrected chi connectivity index (χ1v) is 10.1. The van der Waals surface area contributed by atoms with Gasteiger partial charge in [0.2, 0.25) is 12.7 Å². The molecule has 1 aliphatic heterocycles. The maximum atomic E-state index is 13.0. The average molecular weight is 449 g/mol. The van der Waals surface area contributed by atoms with Gasteiger partial charge >= 0.3 is 6.18 Å². The molecule has 1 amide bonds. The summed E-state index contributed by atoms with van der Waals surface area (Å²) in [5.74, 6) is -0.0814. The van der Waals surface area contributed by atoms with E-state index in [2.05, 4.69) is 15.1 Å². The number of aryl methyl sites for hydroxylation is 2. The number of fused-ring (bicyclic) bond motifs is 2. The van der Waals surface area contributed by atoms with Gasteiger partial charge in [-0.05, 0) is 50.5 Å². The van der Waals surface area contributed by atoms with Crippen molar-refractivity contribution in [2.45, 2.75) is 46.3 Å². The molecule has 8 nitrogen and oxygen atoms in total. The Bertz CT molecular complexity index is 1180. The first-order valence-electron chi connectivity index (χ1n) is 10.1. The van der Waals surface area contributed by atoms with E-state index in [1.54, 1.807) is 18.7 Å². The summed E-state index contributed by atoms with van der Waals surface area (Å²) in [6.45, 7) is 6.35. The van der Waals surface area contributed by atoms with Gasteiger partial charge in [0.05, 0.1) is 0 Å². The highest BCUT2D eigenvalue weighted by Crippen LogP contribution is 2.33. The molecule has 0 N–H and O–H groups in total. The molecule has 0 aliphatic carbocycles. The fourth-order valence-electron chi connectivity index (χ4n) is 3.72. The fourth-order valence-corrected chi connectivity index (χ4v) is 3.72. The molecule has 3 aromatic rings. The number of aromatic nitrogens is 4. The van der Waals surface area contributed by atoms with Crippen LogP contribution in [0.1, 0.15) is 41.7 Å². The number of rotatable bonds is 6. The quantitative estimate of drug-likeness (QED) is 0.573. The van der Waals surface area contributed by atoms with E-state index >= 15 is 0 Å². The van der Waals surface area contributed by atoms with Crippen LogP contribution in [0.3, 0.4) is 0 Å². The third kappa shape index (κ3) is 4.19. The number of hydrogen-bond donors (Lipinski definition) is 0. The Morgan fingerprint density at radius 2 is 1.94 bits per heavy atom. The Hall–Kier alpha value is -3.37. The monoisotopic (exact) mass is 449 g/mol. The summed E-state index contributed by atoms with van der Waals surface area (Å²) >= 11 is 0. The van der Waals surface area contributed by atoms with Crippen molar-refractivity contribution in [3.8, 4) is 11.5 Å². The van der Waals surface area contributed by atoms with Crippen LogP contribution >= 0.6 is 0 Å². The number of carbonyl (C=O) groups is 1. The van der Waals surface area contributed by atoms with Crippen molar-refractivity contribution < 1.29 is 27.4 Å². The molecule has 0 saturated heterocycles. The van der Waals surface area contributed by atoms with Gasteiger partial charge in [0.25, 0.3) is 11.6 Å². The van der Waals surface area contributed by atoms with Crippen LogP contribution in [-0.2, 0) is 23.9 Å². The van der Waals surface area contributed by atoms with Gasteiger partial charge in [0, 0.05) is 30.9 Å². The van der Waals surface area contributed by atoms with Crippen LogP contribution in [0, 0.1) is 13.8 Å². The first kappa shape index (κ1) is 21.8. The summed E-state index contributed by atoms with van der Waals surface area (Å²) in [6.07, 6.45) is -4.13.